The molecular weight excluding hydrogens is 244 g/mol. The van der Waals surface area contributed by atoms with Gasteiger partial charge in [0.2, 0.25) is 0 Å². The minimum atomic E-state index is -0.829. The van der Waals surface area contributed by atoms with Crippen LogP contribution >= 0.6 is 15.9 Å². The summed E-state index contributed by atoms with van der Waals surface area (Å²) in [4.78, 5) is 0. The second-order valence-corrected chi connectivity index (χ2v) is 4.73. The zero-order valence-corrected chi connectivity index (χ0v) is 9.42. The second-order valence-electron chi connectivity index (χ2n) is 3.87. The molecule has 1 aliphatic carbocycles. The predicted octanol–water partition coefficient (Wildman–Crippen LogP) is 2.92. The number of hydrogen-bond acceptors (Lipinski definition) is 2. The van der Waals surface area contributed by atoms with E-state index in [4.69, 9.17) is 0 Å². The Morgan fingerprint density at radius 1 is 1.21 bits per heavy atom. The molecule has 0 bridgehead atoms. The first kappa shape index (κ1) is 9.99. The van der Waals surface area contributed by atoms with Gasteiger partial charge in [-0.15, -0.1) is 0 Å². The molecule has 1 aromatic rings. The molecule has 0 amide bonds. The lowest BCUT2D eigenvalue weighted by Gasteiger charge is -2.24. The predicted molar refractivity (Wildman–Crippen MR) is 58.2 cm³/mol. The molecule has 0 unspecified atom stereocenters. The zero-order valence-electron chi connectivity index (χ0n) is 7.83. The van der Waals surface area contributed by atoms with Gasteiger partial charge in [-0.1, -0.05) is 34.8 Å². The van der Waals surface area contributed by atoms with Crippen molar-refractivity contribution >= 4 is 15.9 Å². The van der Waals surface area contributed by atoms with E-state index in [9.17, 15) is 10.2 Å². The summed E-state index contributed by atoms with van der Waals surface area (Å²) < 4.78 is 0.793. The molecule has 2 N–H and O–H groups in total. The van der Waals surface area contributed by atoms with Crippen LogP contribution in [0.5, 0.6) is 5.75 Å². The summed E-state index contributed by atoms with van der Waals surface area (Å²) in [6.07, 6.45) is 3.53. The van der Waals surface area contributed by atoms with Crippen molar-refractivity contribution in [3.63, 3.8) is 0 Å². The highest BCUT2D eigenvalue weighted by atomic mass is 79.9. The third-order valence-corrected chi connectivity index (χ3v) is 3.55. The maximum atomic E-state index is 10.3. The van der Waals surface area contributed by atoms with Crippen molar-refractivity contribution in [1.82, 2.24) is 0 Å². The first-order valence-electron chi connectivity index (χ1n) is 4.84. The summed E-state index contributed by atoms with van der Waals surface area (Å²) in [5, 5.41) is 20.1. The van der Waals surface area contributed by atoms with Gasteiger partial charge in [-0.3, -0.25) is 0 Å². The van der Waals surface area contributed by atoms with Gasteiger partial charge >= 0.3 is 0 Å². The Morgan fingerprint density at radius 3 is 2.43 bits per heavy atom. The largest absolute Gasteiger partial charge is 0.508 e. The monoisotopic (exact) mass is 256 g/mol. The molecule has 1 fully saturated rings. The van der Waals surface area contributed by atoms with Gasteiger partial charge in [0.05, 0.1) is 5.60 Å². The van der Waals surface area contributed by atoms with E-state index < -0.39 is 5.60 Å². The fourth-order valence-corrected chi connectivity index (χ4v) is 2.91. The van der Waals surface area contributed by atoms with Gasteiger partial charge < -0.3 is 10.2 Å². The molecule has 0 radical (unpaired) electrons. The fourth-order valence-electron chi connectivity index (χ4n) is 2.18. The number of hydrogen-bond donors (Lipinski definition) is 2. The molecule has 1 aliphatic rings. The number of rotatable bonds is 1. The molecule has 0 heterocycles. The SMILES string of the molecule is Oc1cccc(Br)c1C1(O)CCCC1. The van der Waals surface area contributed by atoms with Gasteiger partial charge in [-0.25, -0.2) is 0 Å². The van der Waals surface area contributed by atoms with Crippen molar-refractivity contribution < 1.29 is 10.2 Å². The Morgan fingerprint density at radius 2 is 1.86 bits per heavy atom. The molecule has 76 valence electrons. The van der Waals surface area contributed by atoms with Crippen molar-refractivity contribution in [3.8, 4) is 5.75 Å². The van der Waals surface area contributed by atoms with Crippen LogP contribution in [0.1, 0.15) is 31.2 Å². The minimum absolute atomic E-state index is 0.184. The lowest BCUT2D eigenvalue weighted by molar-refractivity contribution is 0.0413. The lowest BCUT2D eigenvalue weighted by Crippen LogP contribution is -2.21. The topological polar surface area (TPSA) is 40.5 Å². The number of phenolic OH excluding ortho intramolecular Hbond substituents is 1. The van der Waals surface area contributed by atoms with Crippen LogP contribution in [-0.4, -0.2) is 10.2 Å². The number of halogens is 1. The van der Waals surface area contributed by atoms with Gasteiger partial charge in [0.1, 0.15) is 5.75 Å². The highest BCUT2D eigenvalue weighted by Gasteiger charge is 2.36. The maximum absolute atomic E-state index is 10.3. The molecule has 14 heavy (non-hydrogen) atoms. The van der Waals surface area contributed by atoms with Crippen molar-refractivity contribution in [2.45, 2.75) is 31.3 Å². The third kappa shape index (κ3) is 1.55. The normalized spacial score (nSPS) is 19.9. The average molecular weight is 257 g/mol. The molecular formula is C11H13BrO2. The van der Waals surface area contributed by atoms with Crippen LogP contribution in [0.15, 0.2) is 22.7 Å². The molecule has 0 aromatic heterocycles. The van der Waals surface area contributed by atoms with Gasteiger partial charge in [-0.05, 0) is 25.0 Å². The Kier molecular flexibility index (Phi) is 2.54. The smallest absolute Gasteiger partial charge is 0.122 e. The summed E-state index contributed by atoms with van der Waals surface area (Å²) >= 11 is 3.37. The van der Waals surface area contributed by atoms with Crippen molar-refractivity contribution in [3.05, 3.63) is 28.2 Å². The van der Waals surface area contributed by atoms with Crippen molar-refractivity contribution in [2.24, 2.45) is 0 Å². The first-order chi connectivity index (χ1) is 6.63. The summed E-state index contributed by atoms with van der Waals surface area (Å²) in [5.74, 6) is 0.184. The highest BCUT2D eigenvalue weighted by molar-refractivity contribution is 9.10. The van der Waals surface area contributed by atoms with E-state index in [0.29, 0.717) is 5.56 Å². The highest BCUT2D eigenvalue weighted by Crippen LogP contribution is 2.45. The molecule has 2 nitrogen and oxygen atoms in total. The van der Waals surface area contributed by atoms with Crippen LogP contribution < -0.4 is 0 Å². The molecule has 0 aliphatic heterocycles. The van der Waals surface area contributed by atoms with Crippen LogP contribution in [0.25, 0.3) is 0 Å². The second kappa shape index (κ2) is 3.55. The van der Waals surface area contributed by atoms with Crippen molar-refractivity contribution in [1.29, 1.82) is 0 Å². The Bertz CT molecular complexity index is 323. The average Bonchev–Trinajstić information content (AvgIpc) is 2.52. The number of aliphatic hydroxyl groups is 1. The molecule has 0 atom stereocenters. The number of benzene rings is 1. The molecule has 1 saturated carbocycles. The number of phenols is 1. The molecule has 3 heteroatoms. The maximum Gasteiger partial charge on any atom is 0.122 e. The Labute approximate surface area is 91.7 Å². The standard InChI is InChI=1S/C11H13BrO2/c12-8-4-3-5-9(13)10(8)11(14)6-1-2-7-11/h3-5,13-14H,1-2,6-7H2. The molecule has 0 saturated heterocycles. The Hall–Kier alpha value is -0.540. The quantitative estimate of drug-likeness (QED) is 0.812. The van der Waals surface area contributed by atoms with Gasteiger partial charge in [-0.2, -0.15) is 0 Å². The van der Waals surface area contributed by atoms with E-state index >= 15 is 0 Å². The van der Waals surface area contributed by atoms with Crippen LogP contribution in [-0.2, 0) is 5.60 Å². The molecule has 2 rings (SSSR count). The van der Waals surface area contributed by atoms with Crippen LogP contribution in [0.4, 0.5) is 0 Å². The first-order valence-corrected chi connectivity index (χ1v) is 5.63. The molecule has 0 spiro atoms. The summed E-state index contributed by atoms with van der Waals surface area (Å²) in [6.45, 7) is 0. The van der Waals surface area contributed by atoms with E-state index in [2.05, 4.69) is 15.9 Å². The molecule has 1 aromatic carbocycles. The van der Waals surface area contributed by atoms with E-state index in [-0.39, 0.29) is 5.75 Å². The lowest BCUT2D eigenvalue weighted by atomic mass is 9.91. The van der Waals surface area contributed by atoms with Crippen LogP contribution in [0.3, 0.4) is 0 Å². The van der Waals surface area contributed by atoms with E-state index in [1.807, 2.05) is 6.07 Å². The zero-order chi connectivity index (χ0) is 10.2. The van der Waals surface area contributed by atoms with E-state index in [1.54, 1.807) is 12.1 Å². The van der Waals surface area contributed by atoms with Crippen molar-refractivity contribution in [2.75, 3.05) is 0 Å². The van der Waals surface area contributed by atoms with Gasteiger partial charge in [0.25, 0.3) is 0 Å². The van der Waals surface area contributed by atoms with Gasteiger partial charge in [0, 0.05) is 10.0 Å². The minimum Gasteiger partial charge on any atom is -0.508 e. The third-order valence-electron chi connectivity index (χ3n) is 2.89. The summed E-state index contributed by atoms with van der Waals surface area (Å²) in [6, 6.07) is 5.24. The number of aromatic hydroxyl groups is 1. The van der Waals surface area contributed by atoms with Gasteiger partial charge in [0.15, 0.2) is 0 Å². The summed E-state index contributed by atoms with van der Waals surface area (Å²) in [7, 11) is 0. The van der Waals surface area contributed by atoms with E-state index in [0.717, 1.165) is 30.2 Å². The van der Waals surface area contributed by atoms with Crippen LogP contribution in [0.2, 0.25) is 0 Å². The summed E-state index contributed by atoms with van der Waals surface area (Å²) in [5.41, 5.74) is -0.179. The fraction of sp³-hybridized carbons (Fsp3) is 0.455. The van der Waals surface area contributed by atoms with Crippen LogP contribution in [0, 0.1) is 0 Å². The Balaban J connectivity index is 2.49. The van der Waals surface area contributed by atoms with E-state index in [1.165, 1.54) is 0 Å².